The average Bonchev–Trinajstić information content (AvgIpc) is 2.31. The van der Waals surface area contributed by atoms with E-state index in [0.29, 0.717) is 11.7 Å². The zero-order valence-electron chi connectivity index (χ0n) is 12.7. The summed E-state index contributed by atoms with van der Waals surface area (Å²) in [6, 6.07) is 8.87. The molecule has 0 bridgehead atoms. The molecular formula is C16H25NO2S. The predicted molar refractivity (Wildman–Crippen MR) is 83.7 cm³/mol. The van der Waals surface area contributed by atoms with Gasteiger partial charge in [0.1, 0.15) is 9.84 Å². The van der Waals surface area contributed by atoms with E-state index in [1.54, 1.807) is 0 Å². The molecule has 1 aromatic carbocycles. The molecule has 2 rings (SSSR count). The monoisotopic (exact) mass is 295 g/mol. The minimum atomic E-state index is -2.88. The van der Waals surface area contributed by atoms with Crippen LogP contribution in [-0.4, -0.2) is 45.0 Å². The van der Waals surface area contributed by atoms with Crippen LogP contribution < -0.4 is 0 Å². The molecule has 0 amide bonds. The van der Waals surface area contributed by atoms with Gasteiger partial charge in [-0.15, -0.1) is 0 Å². The molecule has 0 radical (unpaired) electrons. The number of rotatable bonds is 4. The lowest BCUT2D eigenvalue weighted by molar-refractivity contribution is 0.151. The highest BCUT2D eigenvalue weighted by Crippen LogP contribution is 2.25. The van der Waals surface area contributed by atoms with Gasteiger partial charge >= 0.3 is 0 Å². The molecule has 0 spiro atoms. The third-order valence-corrected chi connectivity index (χ3v) is 5.17. The summed E-state index contributed by atoms with van der Waals surface area (Å²) < 4.78 is 22.9. The minimum Gasteiger partial charge on any atom is -0.302 e. The molecule has 1 unspecified atom stereocenters. The molecule has 2 atom stereocenters. The first-order chi connectivity index (χ1) is 9.33. The van der Waals surface area contributed by atoms with Crippen molar-refractivity contribution in [2.45, 2.75) is 32.2 Å². The fourth-order valence-corrected chi connectivity index (χ4v) is 4.32. The van der Waals surface area contributed by atoms with E-state index in [9.17, 15) is 8.42 Å². The van der Waals surface area contributed by atoms with Crippen LogP contribution in [-0.2, 0) is 16.3 Å². The number of hydrogen-bond acceptors (Lipinski definition) is 3. The molecule has 1 aromatic rings. The lowest BCUT2D eigenvalue weighted by Gasteiger charge is -2.37. The van der Waals surface area contributed by atoms with E-state index >= 15 is 0 Å². The average molecular weight is 295 g/mol. The smallest absolute Gasteiger partial charge is 0.148 e. The first kappa shape index (κ1) is 15.5. The lowest BCUT2D eigenvalue weighted by Crippen LogP contribution is -2.44. The number of benzene rings is 1. The highest BCUT2D eigenvalue weighted by atomic mass is 32.2. The summed E-state index contributed by atoms with van der Waals surface area (Å²) in [5.41, 5.74) is 2.70. The maximum absolute atomic E-state index is 11.4. The van der Waals surface area contributed by atoms with E-state index in [-0.39, 0.29) is 6.04 Å². The van der Waals surface area contributed by atoms with Gasteiger partial charge in [-0.05, 0) is 44.7 Å². The van der Waals surface area contributed by atoms with E-state index in [1.807, 2.05) is 0 Å². The molecule has 1 heterocycles. The molecule has 1 aliphatic rings. The highest BCUT2D eigenvalue weighted by molar-refractivity contribution is 7.90. The van der Waals surface area contributed by atoms with E-state index in [1.165, 1.54) is 17.4 Å². The molecule has 0 saturated carbocycles. The summed E-state index contributed by atoms with van der Waals surface area (Å²) in [5.74, 6) is 0.929. The molecule has 20 heavy (non-hydrogen) atoms. The molecule has 3 nitrogen and oxygen atoms in total. The van der Waals surface area contributed by atoms with Crippen LogP contribution in [0.1, 0.15) is 24.0 Å². The SMILES string of the molecule is Cc1cccc(CC2CC[C@H](CS(C)(=O)=O)N(C)C2)c1. The van der Waals surface area contributed by atoms with Crippen molar-refractivity contribution in [1.82, 2.24) is 4.90 Å². The Morgan fingerprint density at radius 2 is 2.05 bits per heavy atom. The van der Waals surface area contributed by atoms with Crippen molar-refractivity contribution >= 4 is 9.84 Å². The van der Waals surface area contributed by atoms with Crippen molar-refractivity contribution in [2.24, 2.45) is 5.92 Å². The Morgan fingerprint density at radius 1 is 1.30 bits per heavy atom. The van der Waals surface area contributed by atoms with E-state index in [4.69, 9.17) is 0 Å². The second-order valence-electron chi connectivity index (χ2n) is 6.32. The van der Waals surface area contributed by atoms with Crippen LogP contribution in [0.25, 0.3) is 0 Å². The largest absolute Gasteiger partial charge is 0.302 e. The van der Waals surface area contributed by atoms with Gasteiger partial charge in [0, 0.05) is 18.8 Å². The van der Waals surface area contributed by atoms with Gasteiger partial charge in [-0.2, -0.15) is 0 Å². The summed E-state index contributed by atoms with van der Waals surface area (Å²) in [6.07, 6.45) is 4.54. The van der Waals surface area contributed by atoms with Crippen LogP contribution in [0.2, 0.25) is 0 Å². The molecule has 0 aromatic heterocycles. The highest BCUT2D eigenvalue weighted by Gasteiger charge is 2.28. The molecule has 1 fully saturated rings. The van der Waals surface area contributed by atoms with Gasteiger partial charge in [0.15, 0.2) is 0 Å². The standard InChI is InChI=1S/C16H25NO2S/c1-13-5-4-6-14(9-13)10-15-7-8-16(17(2)11-15)12-20(3,18)19/h4-6,9,15-16H,7-8,10-12H2,1-3H3/t15?,16-/m1/s1. The Bertz CT molecular complexity index is 553. The zero-order chi connectivity index (χ0) is 14.8. The van der Waals surface area contributed by atoms with E-state index < -0.39 is 9.84 Å². The number of likely N-dealkylation sites (tertiary alicyclic amines) is 1. The molecular weight excluding hydrogens is 270 g/mol. The second kappa shape index (κ2) is 6.27. The van der Waals surface area contributed by atoms with Crippen LogP contribution >= 0.6 is 0 Å². The Labute approximate surface area is 122 Å². The first-order valence-corrected chi connectivity index (χ1v) is 9.33. The number of aryl methyl sites for hydroxylation is 1. The maximum Gasteiger partial charge on any atom is 0.148 e. The van der Waals surface area contributed by atoms with Crippen LogP contribution in [0.3, 0.4) is 0 Å². The van der Waals surface area contributed by atoms with Gasteiger partial charge in [-0.1, -0.05) is 29.8 Å². The number of nitrogens with zero attached hydrogens (tertiary/aromatic N) is 1. The first-order valence-electron chi connectivity index (χ1n) is 7.27. The molecule has 0 N–H and O–H groups in total. The normalized spacial score (nSPS) is 24.8. The van der Waals surface area contributed by atoms with Crippen molar-refractivity contribution in [3.63, 3.8) is 0 Å². The number of piperidine rings is 1. The van der Waals surface area contributed by atoms with Crippen LogP contribution in [0.4, 0.5) is 0 Å². The van der Waals surface area contributed by atoms with Crippen molar-refractivity contribution < 1.29 is 8.42 Å². The fourth-order valence-electron chi connectivity index (χ4n) is 3.20. The Morgan fingerprint density at radius 3 is 2.65 bits per heavy atom. The van der Waals surface area contributed by atoms with Crippen molar-refractivity contribution in [1.29, 1.82) is 0 Å². The van der Waals surface area contributed by atoms with Gasteiger partial charge < -0.3 is 4.90 Å². The van der Waals surface area contributed by atoms with Gasteiger partial charge in [0.05, 0.1) is 5.75 Å². The third-order valence-electron chi connectivity index (χ3n) is 4.18. The number of sulfone groups is 1. The number of hydrogen-bond donors (Lipinski definition) is 0. The van der Waals surface area contributed by atoms with E-state index in [2.05, 4.69) is 43.1 Å². The van der Waals surface area contributed by atoms with Crippen LogP contribution in [0.15, 0.2) is 24.3 Å². The second-order valence-corrected chi connectivity index (χ2v) is 8.51. The van der Waals surface area contributed by atoms with Gasteiger partial charge in [-0.25, -0.2) is 8.42 Å². The Balaban J connectivity index is 1.92. The predicted octanol–water partition coefficient (Wildman–Crippen LogP) is 2.29. The maximum atomic E-state index is 11.4. The molecule has 1 aliphatic heterocycles. The van der Waals surface area contributed by atoms with Gasteiger partial charge in [0.2, 0.25) is 0 Å². The molecule has 0 aliphatic carbocycles. The Hall–Kier alpha value is -0.870. The van der Waals surface area contributed by atoms with Gasteiger partial charge in [0.25, 0.3) is 0 Å². The summed E-state index contributed by atoms with van der Waals surface area (Å²) in [5, 5.41) is 0. The quantitative estimate of drug-likeness (QED) is 0.855. The summed E-state index contributed by atoms with van der Waals surface area (Å²) in [6.45, 7) is 3.12. The lowest BCUT2D eigenvalue weighted by atomic mass is 9.88. The van der Waals surface area contributed by atoms with Crippen LogP contribution in [0.5, 0.6) is 0 Å². The van der Waals surface area contributed by atoms with Gasteiger partial charge in [-0.3, -0.25) is 0 Å². The van der Waals surface area contributed by atoms with Crippen molar-refractivity contribution in [3.8, 4) is 0 Å². The van der Waals surface area contributed by atoms with E-state index in [0.717, 1.165) is 25.8 Å². The molecule has 112 valence electrons. The van der Waals surface area contributed by atoms with Crippen molar-refractivity contribution in [2.75, 3.05) is 25.6 Å². The molecule has 1 saturated heterocycles. The van der Waals surface area contributed by atoms with Crippen LogP contribution in [0, 0.1) is 12.8 Å². The zero-order valence-corrected chi connectivity index (χ0v) is 13.5. The topological polar surface area (TPSA) is 37.4 Å². The third kappa shape index (κ3) is 4.60. The Kier molecular flexibility index (Phi) is 4.86. The summed E-state index contributed by atoms with van der Waals surface area (Å²) in [7, 11) is -0.826. The minimum absolute atomic E-state index is 0.193. The van der Waals surface area contributed by atoms with Crippen molar-refractivity contribution in [3.05, 3.63) is 35.4 Å². The molecule has 4 heteroatoms. The summed E-state index contributed by atoms with van der Waals surface area (Å²) in [4.78, 5) is 2.23. The fraction of sp³-hybridized carbons (Fsp3) is 0.625. The summed E-state index contributed by atoms with van der Waals surface area (Å²) >= 11 is 0.